The molecule has 6 nitrogen and oxygen atoms in total. The van der Waals surface area contributed by atoms with Crippen molar-refractivity contribution in [3.63, 3.8) is 0 Å². The molecule has 6 heteroatoms. The number of aromatic nitrogens is 5. The summed E-state index contributed by atoms with van der Waals surface area (Å²) in [5.41, 5.74) is 0.939. The minimum Gasteiger partial charge on any atom is -0.373 e. The lowest BCUT2D eigenvalue weighted by molar-refractivity contribution is 0.628. The minimum atomic E-state index is 0.545. The fraction of sp³-hybridized carbons (Fsp3) is 0.455. The average Bonchev–Trinajstić information content (AvgIpc) is 2.56. The molecule has 0 fully saturated rings. The Morgan fingerprint density at radius 2 is 1.94 bits per heavy atom. The number of nitrogens with zero attached hydrogens (tertiary/aromatic N) is 5. The fourth-order valence-electron chi connectivity index (χ4n) is 1.67. The van der Waals surface area contributed by atoms with Gasteiger partial charge in [-0.3, -0.25) is 0 Å². The van der Waals surface area contributed by atoms with E-state index in [0.29, 0.717) is 6.54 Å². The lowest BCUT2D eigenvalue weighted by atomic mass is 10.4. The van der Waals surface area contributed by atoms with Crippen LogP contribution in [0.15, 0.2) is 6.07 Å². The molecule has 0 saturated heterocycles. The number of aryl methyl sites for hydroxylation is 3. The van der Waals surface area contributed by atoms with Crippen LogP contribution in [0.4, 0.5) is 5.82 Å². The molecule has 0 spiro atoms. The summed E-state index contributed by atoms with van der Waals surface area (Å²) in [7, 11) is 1.84. The zero-order valence-electron chi connectivity index (χ0n) is 10.5. The van der Waals surface area contributed by atoms with Crippen LogP contribution in [0.5, 0.6) is 0 Å². The van der Waals surface area contributed by atoms with E-state index in [0.717, 1.165) is 29.0 Å². The molecule has 2 aromatic heterocycles. The van der Waals surface area contributed by atoms with Crippen LogP contribution >= 0.6 is 0 Å². The van der Waals surface area contributed by atoms with Gasteiger partial charge in [-0.2, -0.15) is 5.10 Å². The van der Waals surface area contributed by atoms with E-state index >= 15 is 0 Å². The van der Waals surface area contributed by atoms with Gasteiger partial charge in [0.2, 0.25) is 0 Å². The van der Waals surface area contributed by atoms with Gasteiger partial charge < -0.3 is 5.32 Å². The standard InChI is InChI=1S/C11H16N6/c1-7-5-10(12-4)15-11(13-7)6-17-9(3)14-8(2)16-17/h5H,6H2,1-4H3,(H,12,13,15). The molecule has 2 heterocycles. The van der Waals surface area contributed by atoms with Crippen LogP contribution < -0.4 is 5.32 Å². The monoisotopic (exact) mass is 232 g/mol. The van der Waals surface area contributed by atoms with E-state index in [-0.39, 0.29) is 0 Å². The van der Waals surface area contributed by atoms with E-state index in [1.807, 2.05) is 38.6 Å². The van der Waals surface area contributed by atoms with Crippen molar-refractivity contribution < 1.29 is 0 Å². The van der Waals surface area contributed by atoms with Crippen LogP contribution in [0.1, 0.15) is 23.2 Å². The molecule has 0 bridgehead atoms. The molecule has 2 rings (SSSR count). The molecule has 0 aliphatic carbocycles. The number of hydrogen-bond donors (Lipinski definition) is 1. The second-order valence-electron chi connectivity index (χ2n) is 3.92. The summed E-state index contributed by atoms with van der Waals surface area (Å²) in [6.45, 7) is 6.29. The molecule has 0 aliphatic heterocycles. The van der Waals surface area contributed by atoms with Gasteiger partial charge >= 0.3 is 0 Å². The highest BCUT2D eigenvalue weighted by Gasteiger charge is 2.06. The van der Waals surface area contributed by atoms with Crippen molar-refractivity contribution in [3.8, 4) is 0 Å². The van der Waals surface area contributed by atoms with Crippen LogP contribution in [-0.2, 0) is 6.54 Å². The first-order valence-electron chi connectivity index (χ1n) is 5.49. The van der Waals surface area contributed by atoms with Crippen LogP contribution in [0, 0.1) is 20.8 Å². The first kappa shape index (κ1) is 11.5. The topological polar surface area (TPSA) is 68.5 Å². The Morgan fingerprint density at radius 3 is 2.53 bits per heavy atom. The third-order valence-electron chi connectivity index (χ3n) is 2.41. The second-order valence-corrected chi connectivity index (χ2v) is 3.92. The SMILES string of the molecule is CNc1cc(C)nc(Cn2nc(C)nc2C)n1. The zero-order valence-corrected chi connectivity index (χ0v) is 10.5. The molecule has 0 radical (unpaired) electrons. The Bertz CT molecular complexity index is 531. The van der Waals surface area contributed by atoms with Gasteiger partial charge in [-0.05, 0) is 20.8 Å². The predicted molar refractivity (Wildman–Crippen MR) is 64.9 cm³/mol. The van der Waals surface area contributed by atoms with E-state index in [2.05, 4.69) is 25.4 Å². The van der Waals surface area contributed by atoms with Crippen LogP contribution in [0.2, 0.25) is 0 Å². The van der Waals surface area contributed by atoms with Gasteiger partial charge in [0.15, 0.2) is 5.82 Å². The van der Waals surface area contributed by atoms with E-state index in [1.165, 1.54) is 0 Å². The molecule has 0 saturated carbocycles. The maximum Gasteiger partial charge on any atom is 0.152 e. The Morgan fingerprint density at radius 1 is 1.18 bits per heavy atom. The van der Waals surface area contributed by atoms with E-state index in [4.69, 9.17) is 0 Å². The smallest absolute Gasteiger partial charge is 0.152 e. The first-order chi connectivity index (χ1) is 8.08. The van der Waals surface area contributed by atoms with Gasteiger partial charge in [0.1, 0.15) is 24.0 Å². The Labute approximate surface area is 100 Å². The summed E-state index contributed by atoms with van der Waals surface area (Å²) in [6.07, 6.45) is 0. The minimum absolute atomic E-state index is 0.545. The number of rotatable bonds is 3. The van der Waals surface area contributed by atoms with Gasteiger partial charge in [-0.15, -0.1) is 0 Å². The van der Waals surface area contributed by atoms with Crippen LogP contribution in [0.25, 0.3) is 0 Å². The van der Waals surface area contributed by atoms with Crippen molar-refractivity contribution in [1.82, 2.24) is 24.7 Å². The molecule has 0 unspecified atom stereocenters. The Balaban J connectivity index is 2.29. The normalized spacial score (nSPS) is 10.6. The lowest BCUT2D eigenvalue weighted by Crippen LogP contribution is -2.09. The average molecular weight is 232 g/mol. The summed E-state index contributed by atoms with van der Waals surface area (Å²) in [5.74, 6) is 3.20. The molecule has 0 aliphatic rings. The molecule has 17 heavy (non-hydrogen) atoms. The molecular formula is C11H16N6. The molecule has 90 valence electrons. The summed E-state index contributed by atoms with van der Waals surface area (Å²) in [4.78, 5) is 13.0. The van der Waals surface area contributed by atoms with Crippen LogP contribution in [0.3, 0.4) is 0 Å². The van der Waals surface area contributed by atoms with Crippen molar-refractivity contribution >= 4 is 5.82 Å². The second kappa shape index (κ2) is 4.48. The summed E-state index contributed by atoms with van der Waals surface area (Å²) in [6, 6.07) is 1.91. The molecule has 0 atom stereocenters. The van der Waals surface area contributed by atoms with Crippen molar-refractivity contribution in [1.29, 1.82) is 0 Å². The Hall–Kier alpha value is -1.98. The van der Waals surface area contributed by atoms with E-state index < -0.39 is 0 Å². The summed E-state index contributed by atoms with van der Waals surface area (Å²) in [5, 5.41) is 7.31. The van der Waals surface area contributed by atoms with Crippen molar-refractivity contribution in [3.05, 3.63) is 29.2 Å². The summed E-state index contributed by atoms with van der Waals surface area (Å²) < 4.78 is 1.81. The van der Waals surface area contributed by atoms with Crippen molar-refractivity contribution in [2.24, 2.45) is 0 Å². The Kier molecular flexibility index (Phi) is 3.03. The highest BCUT2D eigenvalue weighted by atomic mass is 15.3. The molecule has 2 aromatic rings. The third-order valence-corrected chi connectivity index (χ3v) is 2.41. The number of nitrogens with one attached hydrogen (secondary N) is 1. The van der Waals surface area contributed by atoms with Crippen molar-refractivity contribution in [2.75, 3.05) is 12.4 Å². The fourth-order valence-corrected chi connectivity index (χ4v) is 1.67. The maximum atomic E-state index is 4.39. The quantitative estimate of drug-likeness (QED) is 0.857. The molecule has 0 aromatic carbocycles. The third kappa shape index (κ3) is 2.58. The predicted octanol–water partition coefficient (Wildman–Crippen LogP) is 1.08. The maximum absolute atomic E-state index is 4.39. The van der Waals surface area contributed by atoms with Gasteiger partial charge in [0.05, 0.1) is 0 Å². The molecule has 0 amide bonds. The van der Waals surface area contributed by atoms with E-state index in [1.54, 1.807) is 0 Å². The largest absolute Gasteiger partial charge is 0.373 e. The van der Waals surface area contributed by atoms with E-state index in [9.17, 15) is 0 Å². The van der Waals surface area contributed by atoms with Crippen LogP contribution in [-0.4, -0.2) is 31.8 Å². The number of hydrogen-bond acceptors (Lipinski definition) is 5. The highest BCUT2D eigenvalue weighted by Crippen LogP contribution is 2.07. The first-order valence-corrected chi connectivity index (χ1v) is 5.49. The molecular weight excluding hydrogens is 216 g/mol. The van der Waals surface area contributed by atoms with Gasteiger partial charge in [0, 0.05) is 18.8 Å². The van der Waals surface area contributed by atoms with Gasteiger partial charge in [-0.25, -0.2) is 19.6 Å². The van der Waals surface area contributed by atoms with Gasteiger partial charge in [-0.1, -0.05) is 0 Å². The highest BCUT2D eigenvalue weighted by molar-refractivity contribution is 5.34. The molecule has 1 N–H and O–H groups in total. The van der Waals surface area contributed by atoms with Crippen molar-refractivity contribution in [2.45, 2.75) is 27.3 Å². The zero-order chi connectivity index (χ0) is 12.4. The van der Waals surface area contributed by atoms with Gasteiger partial charge in [0.25, 0.3) is 0 Å². The lowest BCUT2D eigenvalue weighted by Gasteiger charge is -2.06. The summed E-state index contributed by atoms with van der Waals surface area (Å²) >= 11 is 0. The number of anilines is 1.